The number of hydrogen-bond acceptors (Lipinski definition) is 4. The number of halogens is 1. The molecule has 128 valence electrons. The van der Waals surface area contributed by atoms with Crippen molar-refractivity contribution < 1.29 is 0 Å². The van der Waals surface area contributed by atoms with E-state index in [1.54, 1.807) is 0 Å². The molecule has 0 aliphatic rings. The zero-order valence-corrected chi connectivity index (χ0v) is 15.1. The Morgan fingerprint density at radius 3 is 2.44 bits per heavy atom. The first kappa shape index (κ1) is 17.2. The average Bonchev–Trinajstić information content (AvgIpc) is 2.61. The van der Waals surface area contributed by atoms with Crippen molar-refractivity contribution >= 4 is 29.1 Å². The van der Waals surface area contributed by atoms with Gasteiger partial charge in [0.2, 0.25) is 5.95 Å². The van der Waals surface area contributed by atoms with Gasteiger partial charge in [0, 0.05) is 29.0 Å². The number of anilines is 3. The molecule has 25 heavy (non-hydrogen) atoms. The molecule has 0 radical (unpaired) electrons. The third-order valence-corrected chi connectivity index (χ3v) is 4.29. The third kappa shape index (κ3) is 4.48. The summed E-state index contributed by atoms with van der Waals surface area (Å²) >= 11 is 6.21. The van der Waals surface area contributed by atoms with Crippen LogP contribution in [0.4, 0.5) is 17.5 Å². The van der Waals surface area contributed by atoms with E-state index in [1.165, 1.54) is 5.56 Å². The van der Waals surface area contributed by atoms with E-state index < -0.39 is 0 Å². The van der Waals surface area contributed by atoms with Crippen LogP contribution in [0.15, 0.2) is 54.6 Å². The molecule has 0 spiro atoms. The molecule has 0 saturated carbocycles. The topological polar surface area (TPSA) is 49.8 Å². The van der Waals surface area contributed by atoms with Crippen LogP contribution in [-0.4, -0.2) is 9.97 Å². The van der Waals surface area contributed by atoms with Gasteiger partial charge in [-0.1, -0.05) is 54.9 Å². The van der Waals surface area contributed by atoms with Gasteiger partial charge in [-0.25, -0.2) is 4.98 Å². The summed E-state index contributed by atoms with van der Waals surface area (Å²) < 4.78 is 0. The van der Waals surface area contributed by atoms with Crippen LogP contribution >= 0.6 is 11.6 Å². The molecule has 0 fully saturated rings. The van der Waals surface area contributed by atoms with E-state index in [2.05, 4.69) is 33.6 Å². The molecule has 0 bridgehead atoms. The second kappa shape index (κ2) is 7.99. The van der Waals surface area contributed by atoms with E-state index in [1.807, 2.05) is 55.5 Å². The Labute approximate surface area is 153 Å². The Hall–Kier alpha value is -2.59. The highest BCUT2D eigenvalue weighted by atomic mass is 35.5. The maximum atomic E-state index is 6.21. The first-order valence-electron chi connectivity index (χ1n) is 8.33. The Kier molecular flexibility index (Phi) is 5.51. The Bertz CT molecular complexity index is 864. The van der Waals surface area contributed by atoms with Gasteiger partial charge in [0.05, 0.1) is 0 Å². The van der Waals surface area contributed by atoms with Crippen molar-refractivity contribution in [3.63, 3.8) is 0 Å². The lowest BCUT2D eigenvalue weighted by Crippen LogP contribution is -2.06. The molecule has 4 nitrogen and oxygen atoms in total. The van der Waals surface area contributed by atoms with Crippen molar-refractivity contribution in [2.24, 2.45) is 0 Å². The lowest BCUT2D eigenvalue weighted by Gasteiger charge is -2.12. The van der Waals surface area contributed by atoms with E-state index in [-0.39, 0.29) is 0 Å². The van der Waals surface area contributed by atoms with E-state index in [9.17, 15) is 0 Å². The van der Waals surface area contributed by atoms with Crippen molar-refractivity contribution in [2.45, 2.75) is 26.8 Å². The van der Waals surface area contributed by atoms with Crippen LogP contribution in [0.5, 0.6) is 0 Å². The molecular formula is C20H21ClN4. The third-order valence-electron chi connectivity index (χ3n) is 3.92. The minimum absolute atomic E-state index is 0.586. The molecule has 1 aromatic heterocycles. The summed E-state index contributed by atoms with van der Waals surface area (Å²) in [6, 6.07) is 17.9. The molecule has 0 unspecified atom stereocenters. The second-order valence-electron chi connectivity index (χ2n) is 5.80. The van der Waals surface area contributed by atoms with Gasteiger partial charge in [-0.05, 0) is 36.6 Å². The zero-order chi connectivity index (χ0) is 17.6. The number of nitrogens with zero attached hydrogens (tertiary/aromatic N) is 2. The standard InChI is InChI=1S/C20H21ClN4/c1-3-15-8-5-7-11-18(15)24-20-23-14(2)12-19(25-20)22-13-16-9-4-6-10-17(16)21/h4-12H,3,13H2,1-2H3,(H2,22,23,24,25). The molecule has 2 N–H and O–H groups in total. The number of aryl methyl sites for hydroxylation is 2. The summed E-state index contributed by atoms with van der Waals surface area (Å²) in [6.07, 6.45) is 0.951. The summed E-state index contributed by atoms with van der Waals surface area (Å²) in [5.74, 6) is 1.35. The minimum Gasteiger partial charge on any atom is -0.366 e. The highest BCUT2D eigenvalue weighted by Crippen LogP contribution is 2.21. The molecule has 3 rings (SSSR count). The van der Waals surface area contributed by atoms with Crippen LogP contribution in [0.1, 0.15) is 23.7 Å². The Balaban J connectivity index is 1.77. The van der Waals surface area contributed by atoms with Gasteiger partial charge in [0.25, 0.3) is 0 Å². The maximum Gasteiger partial charge on any atom is 0.229 e. The summed E-state index contributed by atoms with van der Waals surface area (Å²) in [6.45, 7) is 4.70. The normalized spacial score (nSPS) is 10.5. The number of aromatic nitrogens is 2. The molecule has 5 heteroatoms. The fourth-order valence-corrected chi connectivity index (χ4v) is 2.82. The predicted octanol–water partition coefficient (Wildman–Crippen LogP) is 5.36. The fraction of sp³-hybridized carbons (Fsp3) is 0.200. The van der Waals surface area contributed by atoms with E-state index >= 15 is 0 Å². The Morgan fingerprint density at radius 1 is 0.960 bits per heavy atom. The Morgan fingerprint density at radius 2 is 1.68 bits per heavy atom. The highest BCUT2D eigenvalue weighted by molar-refractivity contribution is 6.31. The summed E-state index contributed by atoms with van der Waals surface area (Å²) in [4.78, 5) is 9.06. The highest BCUT2D eigenvalue weighted by Gasteiger charge is 2.06. The van der Waals surface area contributed by atoms with Gasteiger partial charge in [-0.3, -0.25) is 0 Å². The van der Waals surface area contributed by atoms with Crippen molar-refractivity contribution in [2.75, 3.05) is 10.6 Å². The number of benzene rings is 2. The number of hydrogen-bond donors (Lipinski definition) is 2. The zero-order valence-electron chi connectivity index (χ0n) is 14.4. The summed E-state index contributed by atoms with van der Waals surface area (Å²) in [7, 11) is 0. The van der Waals surface area contributed by atoms with Gasteiger partial charge in [0.1, 0.15) is 5.82 Å². The van der Waals surface area contributed by atoms with Gasteiger partial charge < -0.3 is 10.6 Å². The van der Waals surface area contributed by atoms with E-state index in [0.717, 1.165) is 34.2 Å². The quantitative estimate of drug-likeness (QED) is 0.627. The van der Waals surface area contributed by atoms with Crippen LogP contribution in [0, 0.1) is 6.92 Å². The first-order valence-corrected chi connectivity index (χ1v) is 8.71. The molecule has 0 aliphatic heterocycles. The smallest absolute Gasteiger partial charge is 0.229 e. The monoisotopic (exact) mass is 352 g/mol. The second-order valence-corrected chi connectivity index (χ2v) is 6.21. The van der Waals surface area contributed by atoms with Crippen LogP contribution < -0.4 is 10.6 Å². The molecule has 0 saturated heterocycles. The molecule has 1 heterocycles. The van der Waals surface area contributed by atoms with Gasteiger partial charge in [0.15, 0.2) is 0 Å². The van der Waals surface area contributed by atoms with Gasteiger partial charge in [-0.15, -0.1) is 0 Å². The fourth-order valence-electron chi connectivity index (χ4n) is 2.61. The van der Waals surface area contributed by atoms with Gasteiger partial charge >= 0.3 is 0 Å². The number of rotatable bonds is 6. The van der Waals surface area contributed by atoms with Crippen LogP contribution in [0.2, 0.25) is 5.02 Å². The van der Waals surface area contributed by atoms with Crippen molar-refractivity contribution in [3.8, 4) is 0 Å². The number of para-hydroxylation sites is 1. The van der Waals surface area contributed by atoms with E-state index in [0.29, 0.717) is 12.5 Å². The molecular weight excluding hydrogens is 332 g/mol. The molecule has 3 aromatic rings. The lowest BCUT2D eigenvalue weighted by atomic mass is 10.1. The molecule has 0 aliphatic carbocycles. The molecule has 0 amide bonds. The van der Waals surface area contributed by atoms with Crippen molar-refractivity contribution in [1.29, 1.82) is 0 Å². The first-order chi connectivity index (χ1) is 12.2. The minimum atomic E-state index is 0.586. The van der Waals surface area contributed by atoms with Crippen LogP contribution in [0.3, 0.4) is 0 Å². The van der Waals surface area contributed by atoms with Crippen LogP contribution in [0.25, 0.3) is 0 Å². The predicted molar refractivity (Wildman–Crippen MR) is 105 cm³/mol. The summed E-state index contributed by atoms with van der Waals surface area (Å²) in [5, 5.41) is 7.39. The number of nitrogens with one attached hydrogen (secondary N) is 2. The maximum absolute atomic E-state index is 6.21. The lowest BCUT2D eigenvalue weighted by molar-refractivity contribution is 1.05. The van der Waals surface area contributed by atoms with Crippen molar-refractivity contribution in [1.82, 2.24) is 9.97 Å². The van der Waals surface area contributed by atoms with E-state index in [4.69, 9.17) is 11.6 Å². The SMILES string of the molecule is CCc1ccccc1Nc1nc(C)cc(NCc2ccccc2Cl)n1. The summed E-state index contributed by atoms with van der Waals surface area (Å²) in [5.41, 5.74) is 4.20. The van der Waals surface area contributed by atoms with Crippen LogP contribution in [-0.2, 0) is 13.0 Å². The van der Waals surface area contributed by atoms with Gasteiger partial charge in [-0.2, -0.15) is 4.98 Å². The largest absolute Gasteiger partial charge is 0.366 e. The molecule has 0 atom stereocenters. The molecule has 2 aromatic carbocycles. The van der Waals surface area contributed by atoms with Crippen molar-refractivity contribution in [3.05, 3.63) is 76.4 Å². The average molecular weight is 353 g/mol.